The van der Waals surface area contributed by atoms with Gasteiger partial charge in [0.25, 0.3) is 5.91 Å². The van der Waals surface area contributed by atoms with Crippen LogP contribution in [0.5, 0.6) is 0 Å². The van der Waals surface area contributed by atoms with Gasteiger partial charge >= 0.3 is 0 Å². The van der Waals surface area contributed by atoms with E-state index in [9.17, 15) is 4.79 Å². The molecule has 0 aliphatic rings. The van der Waals surface area contributed by atoms with E-state index in [-0.39, 0.29) is 17.4 Å². The number of rotatable bonds is 6. The molecule has 1 amide bonds. The van der Waals surface area contributed by atoms with Crippen LogP contribution in [0.25, 0.3) is 0 Å². The van der Waals surface area contributed by atoms with Gasteiger partial charge in [-0.05, 0) is 41.2 Å². The highest BCUT2D eigenvalue weighted by atomic mass is 32.2. The molecule has 134 valence electrons. The van der Waals surface area contributed by atoms with E-state index < -0.39 is 0 Å². The SMILES string of the molecule is CC(C)[C@@H](CSc1ccccc1)NC(=O)c1ccc(C(C)(C)C)cc1. The van der Waals surface area contributed by atoms with Crippen LogP contribution in [0.4, 0.5) is 0 Å². The minimum Gasteiger partial charge on any atom is -0.348 e. The van der Waals surface area contributed by atoms with Gasteiger partial charge in [-0.15, -0.1) is 11.8 Å². The van der Waals surface area contributed by atoms with Crippen molar-refractivity contribution in [3.05, 3.63) is 65.7 Å². The van der Waals surface area contributed by atoms with E-state index in [2.05, 4.69) is 64.2 Å². The number of carbonyl (C=O) groups excluding carboxylic acids is 1. The molecule has 0 unspecified atom stereocenters. The summed E-state index contributed by atoms with van der Waals surface area (Å²) in [4.78, 5) is 13.8. The molecular formula is C22H29NOS. The zero-order valence-corrected chi connectivity index (χ0v) is 16.7. The van der Waals surface area contributed by atoms with Crippen molar-refractivity contribution >= 4 is 17.7 Å². The maximum absolute atomic E-state index is 12.6. The molecule has 3 heteroatoms. The summed E-state index contributed by atoms with van der Waals surface area (Å²) in [6, 6.07) is 18.4. The first-order valence-electron chi connectivity index (χ1n) is 8.86. The largest absolute Gasteiger partial charge is 0.348 e. The van der Waals surface area contributed by atoms with Crippen LogP contribution in [0, 0.1) is 5.92 Å². The van der Waals surface area contributed by atoms with Crippen molar-refractivity contribution < 1.29 is 4.79 Å². The highest BCUT2D eigenvalue weighted by Crippen LogP contribution is 2.23. The van der Waals surface area contributed by atoms with Crippen molar-refractivity contribution in [1.82, 2.24) is 5.32 Å². The highest BCUT2D eigenvalue weighted by Gasteiger charge is 2.19. The molecule has 0 aromatic heterocycles. The summed E-state index contributed by atoms with van der Waals surface area (Å²) in [5.74, 6) is 1.26. The topological polar surface area (TPSA) is 29.1 Å². The van der Waals surface area contributed by atoms with E-state index in [1.54, 1.807) is 11.8 Å². The molecule has 0 bridgehead atoms. The molecule has 1 atom stereocenters. The lowest BCUT2D eigenvalue weighted by molar-refractivity contribution is 0.0931. The molecule has 2 aromatic carbocycles. The first kappa shape index (κ1) is 19.6. The minimum absolute atomic E-state index is 0.00724. The summed E-state index contributed by atoms with van der Waals surface area (Å²) in [7, 11) is 0. The van der Waals surface area contributed by atoms with Gasteiger partial charge in [-0.1, -0.05) is 65.0 Å². The van der Waals surface area contributed by atoms with Crippen molar-refractivity contribution in [2.24, 2.45) is 5.92 Å². The average Bonchev–Trinajstić information content (AvgIpc) is 2.58. The number of hydrogen-bond acceptors (Lipinski definition) is 2. The van der Waals surface area contributed by atoms with Crippen LogP contribution in [0.3, 0.4) is 0 Å². The Morgan fingerprint density at radius 2 is 1.60 bits per heavy atom. The maximum atomic E-state index is 12.6. The Morgan fingerprint density at radius 1 is 1.00 bits per heavy atom. The Bertz CT molecular complexity index is 671. The van der Waals surface area contributed by atoms with Crippen LogP contribution in [-0.4, -0.2) is 17.7 Å². The molecule has 2 nitrogen and oxygen atoms in total. The Hall–Kier alpha value is -1.74. The summed E-state index contributed by atoms with van der Waals surface area (Å²) in [6.45, 7) is 10.8. The summed E-state index contributed by atoms with van der Waals surface area (Å²) in [5, 5.41) is 3.20. The smallest absolute Gasteiger partial charge is 0.251 e. The third-order valence-electron chi connectivity index (χ3n) is 4.31. The summed E-state index contributed by atoms with van der Waals surface area (Å²) in [5.41, 5.74) is 2.06. The second-order valence-electron chi connectivity index (χ2n) is 7.78. The summed E-state index contributed by atoms with van der Waals surface area (Å²) < 4.78 is 0. The van der Waals surface area contributed by atoms with Crippen molar-refractivity contribution in [2.75, 3.05) is 5.75 Å². The number of thioether (sulfide) groups is 1. The molecule has 2 rings (SSSR count). The quantitative estimate of drug-likeness (QED) is 0.690. The first-order chi connectivity index (χ1) is 11.8. The van der Waals surface area contributed by atoms with Gasteiger partial charge in [0.1, 0.15) is 0 Å². The predicted octanol–water partition coefficient (Wildman–Crippen LogP) is 5.53. The third-order valence-corrected chi connectivity index (χ3v) is 5.44. The molecule has 0 aliphatic heterocycles. The maximum Gasteiger partial charge on any atom is 0.251 e. The first-order valence-corrected chi connectivity index (χ1v) is 9.85. The van der Waals surface area contributed by atoms with Crippen LogP contribution < -0.4 is 5.32 Å². The number of benzene rings is 2. The Kier molecular flexibility index (Phi) is 6.71. The van der Waals surface area contributed by atoms with Crippen LogP contribution in [0.2, 0.25) is 0 Å². The standard InChI is InChI=1S/C22H29NOS/c1-16(2)20(15-25-19-9-7-6-8-10-19)23-21(24)17-11-13-18(14-12-17)22(3,4)5/h6-14,16,20H,15H2,1-5H3,(H,23,24)/t20-/m1/s1. The van der Waals surface area contributed by atoms with Crippen molar-refractivity contribution in [3.63, 3.8) is 0 Å². The van der Waals surface area contributed by atoms with Gasteiger partial charge in [-0.25, -0.2) is 0 Å². The zero-order valence-electron chi connectivity index (χ0n) is 15.9. The lowest BCUT2D eigenvalue weighted by Crippen LogP contribution is -2.40. The van der Waals surface area contributed by atoms with Gasteiger partial charge in [-0.3, -0.25) is 4.79 Å². The monoisotopic (exact) mass is 355 g/mol. The second kappa shape index (κ2) is 8.57. The molecule has 0 saturated carbocycles. The van der Waals surface area contributed by atoms with Gasteiger partial charge < -0.3 is 5.32 Å². The van der Waals surface area contributed by atoms with Crippen LogP contribution in [-0.2, 0) is 5.41 Å². The number of nitrogens with one attached hydrogen (secondary N) is 1. The fourth-order valence-electron chi connectivity index (χ4n) is 2.48. The molecule has 25 heavy (non-hydrogen) atoms. The molecule has 0 saturated heterocycles. The van der Waals surface area contributed by atoms with Crippen LogP contribution in [0.15, 0.2) is 59.5 Å². The lowest BCUT2D eigenvalue weighted by Gasteiger charge is -2.23. The van der Waals surface area contributed by atoms with E-state index in [4.69, 9.17) is 0 Å². The summed E-state index contributed by atoms with van der Waals surface area (Å²) >= 11 is 1.79. The fraction of sp³-hybridized carbons (Fsp3) is 0.409. The normalized spacial score (nSPS) is 12.9. The van der Waals surface area contributed by atoms with Crippen LogP contribution >= 0.6 is 11.8 Å². The molecular weight excluding hydrogens is 326 g/mol. The van der Waals surface area contributed by atoms with Gasteiger partial charge in [0, 0.05) is 22.3 Å². The number of carbonyl (C=O) groups is 1. The molecule has 0 radical (unpaired) electrons. The highest BCUT2D eigenvalue weighted by molar-refractivity contribution is 7.99. The van der Waals surface area contributed by atoms with Crippen molar-refractivity contribution in [3.8, 4) is 0 Å². The van der Waals surface area contributed by atoms with E-state index in [0.717, 1.165) is 11.3 Å². The fourth-order valence-corrected chi connectivity index (χ4v) is 3.67. The molecule has 0 aliphatic carbocycles. The van der Waals surface area contributed by atoms with E-state index in [1.807, 2.05) is 30.3 Å². The number of amides is 1. The van der Waals surface area contributed by atoms with Crippen LogP contribution in [0.1, 0.15) is 50.5 Å². The minimum atomic E-state index is 0.00724. The molecule has 0 fully saturated rings. The molecule has 2 aromatic rings. The van der Waals surface area contributed by atoms with E-state index in [1.165, 1.54) is 10.5 Å². The molecule has 0 spiro atoms. The van der Waals surface area contributed by atoms with Gasteiger partial charge in [0.15, 0.2) is 0 Å². The van der Waals surface area contributed by atoms with E-state index >= 15 is 0 Å². The Labute approximate surface area is 156 Å². The van der Waals surface area contributed by atoms with Gasteiger partial charge in [0.2, 0.25) is 0 Å². The molecule has 1 N–H and O–H groups in total. The third kappa shape index (κ3) is 5.93. The summed E-state index contributed by atoms with van der Waals surface area (Å²) in [6.07, 6.45) is 0. The Balaban J connectivity index is 2.00. The second-order valence-corrected chi connectivity index (χ2v) is 8.87. The average molecular weight is 356 g/mol. The van der Waals surface area contributed by atoms with Gasteiger partial charge in [0.05, 0.1) is 0 Å². The van der Waals surface area contributed by atoms with Crippen molar-refractivity contribution in [1.29, 1.82) is 0 Å². The Morgan fingerprint density at radius 3 is 2.12 bits per heavy atom. The lowest BCUT2D eigenvalue weighted by atomic mass is 9.86. The van der Waals surface area contributed by atoms with E-state index in [0.29, 0.717) is 5.92 Å². The molecule has 0 heterocycles. The predicted molar refractivity (Wildman–Crippen MR) is 108 cm³/mol. The zero-order chi connectivity index (χ0) is 18.4. The van der Waals surface area contributed by atoms with Gasteiger partial charge in [-0.2, -0.15) is 0 Å². The van der Waals surface area contributed by atoms with Crippen molar-refractivity contribution in [2.45, 2.75) is 51.0 Å². The number of hydrogen-bond donors (Lipinski definition) is 1.